The topological polar surface area (TPSA) is 41.4 Å². The van der Waals surface area contributed by atoms with Crippen LogP contribution in [0.15, 0.2) is 54.6 Å². The Morgan fingerprint density at radius 2 is 1.83 bits per heavy atom. The first-order valence-corrected chi connectivity index (χ1v) is 10.5. The number of fused-ring (bicyclic) bond motifs is 1. The maximum absolute atomic E-state index is 13.2. The van der Waals surface area contributed by atoms with Gasteiger partial charge in [0.25, 0.3) is 5.91 Å². The lowest BCUT2D eigenvalue weighted by Gasteiger charge is -2.33. The summed E-state index contributed by atoms with van der Waals surface area (Å²) in [5.74, 6) is -0.271. The van der Waals surface area contributed by atoms with Crippen molar-refractivity contribution in [2.45, 2.75) is 25.4 Å². The zero-order valence-corrected chi connectivity index (χ0v) is 17.1. The van der Waals surface area contributed by atoms with Gasteiger partial charge in [-0.2, -0.15) is 5.10 Å². The third-order valence-electron chi connectivity index (χ3n) is 6.37. The van der Waals surface area contributed by atoms with Gasteiger partial charge in [-0.25, -0.2) is 4.39 Å². The fraction of sp³-hybridized carbons (Fsp3) is 0.333. The molecule has 0 saturated carbocycles. The van der Waals surface area contributed by atoms with Gasteiger partial charge in [0.1, 0.15) is 11.5 Å². The first kappa shape index (κ1) is 19.0. The summed E-state index contributed by atoms with van der Waals surface area (Å²) in [4.78, 5) is 17.6. The van der Waals surface area contributed by atoms with Crippen molar-refractivity contribution in [3.63, 3.8) is 0 Å². The number of carbonyl (C=O) groups excluding carboxylic acids is 1. The summed E-state index contributed by atoms with van der Waals surface area (Å²) >= 11 is 0. The predicted octanol–water partition coefficient (Wildman–Crippen LogP) is 3.50. The van der Waals surface area contributed by atoms with Gasteiger partial charge in [-0.05, 0) is 54.3 Å². The standard InChI is InChI=1S/C24H25FN4O/c1-27-23(14-22(26-27)18-6-8-20(25)9-7-18)24(30)29-13-11-21(16-29)28-12-10-17-4-2-3-5-19(17)15-28/h2-9,14,21H,10-13,15-16H2,1H3. The molecule has 154 valence electrons. The minimum absolute atomic E-state index is 0.0123. The average Bonchev–Trinajstić information content (AvgIpc) is 3.41. The van der Waals surface area contributed by atoms with Gasteiger partial charge >= 0.3 is 0 Å². The number of aryl methyl sites for hydroxylation is 1. The van der Waals surface area contributed by atoms with Crippen LogP contribution in [0.5, 0.6) is 0 Å². The molecule has 30 heavy (non-hydrogen) atoms. The Kier molecular flexibility index (Phi) is 4.87. The van der Waals surface area contributed by atoms with E-state index in [2.05, 4.69) is 34.3 Å². The van der Waals surface area contributed by atoms with Crippen LogP contribution < -0.4 is 0 Å². The number of halogens is 1. The third-order valence-corrected chi connectivity index (χ3v) is 6.37. The number of amides is 1. The van der Waals surface area contributed by atoms with Crippen molar-refractivity contribution >= 4 is 5.91 Å². The molecule has 0 spiro atoms. The molecule has 1 atom stereocenters. The van der Waals surface area contributed by atoms with Gasteiger partial charge in [-0.15, -0.1) is 0 Å². The van der Waals surface area contributed by atoms with E-state index in [4.69, 9.17) is 0 Å². The number of hydrogen-bond donors (Lipinski definition) is 0. The molecule has 0 N–H and O–H groups in total. The van der Waals surface area contributed by atoms with Crippen LogP contribution >= 0.6 is 0 Å². The monoisotopic (exact) mass is 404 g/mol. The summed E-state index contributed by atoms with van der Waals surface area (Å²) in [5, 5.41) is 4.47. The lowest BCUT2D eigenvalue weighted by atomic mass is 9.98. The molecule has 1 aromatic heterocycles. The molecule has 1 fully saturated rings. The Labute approximate surface area is 175 Å². The fourth-order valence-electron chi connectivity index (χ4n) is 4.64. The van der Waals surface area contributed by atoms with Gasteiger partial charge in [0.2, 0.25) is 0 Å². The molecule has 1 amide bonds. The molecule has 5 nitrogen and oxygen atoms in total. The van der Waals surface area contributed by atoms with Crippen molar-refractivity contribution in [3.8, 4) is 11.3 Å². The van der Waals surface area contributed by atoms with Gasteiger partial charge in [0, 0.05) is 44.8 Å². The molecule has 2 aliphatic rings. The lowest BCUT2D eigenvalue weighted by Crippen LogP contribution is -2.41. The molecule has 0 radical (unpaired) electrons. The van der Waals surface area contributed by atoms with E-state index in [1.807, 2.05) is 4.90 Å². The van der Waals surface area contributed by atoms with E-state index in [0.717, 1.165) is 44.6 Å². The number of carbonyl (C=O) groups is 1. The summed E-state index contributed by atoms with van der Waals surface area (Å²) in [6.07, 6.45) is 2.07. The van der Waals surface area contributed by atoms with Gasteiger partial charge < -0.3 is 4.90 Å². The second-order valence-electron chi connectivity index (χ2n) is 8.23. The SMILES string of the molecule is Cn1nc(-c2ccc(F)cc2)cc1C(=O)N1CCC(N2CCc3ccccc3C2)C1. The Morgan fingerprint density at radius 3 is 2.63 bits per heavy atom. The van der Waals surface area contributed by atoms with E-state index >= 15 is 0 Å². The highest BCUT2D eigenvalue weighted by molar-refractivity contribution is 5.94. The number of aromatic nitrogens is 2. The van der Waals surface area contributed by atoms with Crippen molar-refractivity contribution in [1.82, 2.24) is 19.6 Å². The van der Waals surface area contributed by atoms with Gasteiger partial charge in [0.15, 0.2) is 0 Å². The van der Waals surface area contributed by atoms with Crippen molar-refractivity contribution in [2.24, 2.45) is 7.05 Å². The van der Waals surface area contributed by atoms with Crippen molar-refractivity contribution in [1.29, 1.82) is 0 Å². The first-order chi connectivity index (χ1) is 14.6. The van der Waals surface area contributed by atoms with Crippen molar-refractivity contribution in [3.05, 3.63) is 77.2 Å². The van der Waals surface area contributed by atoms with E-state index < -0.39 is 0 Å². The first-order valence-electron chi connectivity index (χ1n) is 10.5. The molecule has 0 aliphatic carbocycles. The van der Waals surface area contributed by atoms with Crippen LogP contribution in [0, 0.1) is 5.82 Å². The quantitative estimate of drug-likeness (QED) is 0.671. The predicted molar refractivity (Wildman–Crippen MR) is 113 cm³/mol. The van der Waals surface area contributed by atoms with Crippen LogP contribution in [-0.4, -0.2) is 51.2 Å². The van der Waals surface area contributed by atoms with E-state index in [9.17, 15) is 9.18 Å². The fourth-order valence-corrected chi connectivity index (χ4v) is 4.64. The summed E-state index contributed by atoms with van der Waals surface area (Å²) in [6, 6.07) is 17.0. The Balaban J connectivity index is 1.28. The van der Waals surface area contributed by atoms with E-state index in [-0.39, 0.29) is 11.7 Å². The van der Waals surface area contributed by atoms with Gasteiger partial charge in [-0.3, -0.25) is 14.4 Å². The number of likely N-dealkylation sites (tertiary alicyclic amines) is 1. The van der Waals surface area contributed by atoms with Gasteiger partial charge in [-0.1, -0.05) is 24.3 Å². The van der Waals surface area contributed by atoms with Crippen molar-refractivity contribution < 1.29 is 9.18 Å². The minimum atomic E-state index is -0.283. The largest absolute Gasteiger partial charge is 0.336 e. The highest BCUT2D eigenvalue weighted by Crippen LogP contribution is 2.26. The number of rotatable bonds is 3. The highest BCUT2D eigenvalue weighted by atomic mass is 19.1. The Bertz CT molecular complexity index is 1080. The van der Waals surface area contributed by atoms with Gasteiger partial charge in [0.05, 0.1) is 5.69 Å². The van der Waals surface area contributed by atoms with E-state index in [0.29, 0.717) is 17.4 Å². The third kappa shape index (κ3) is 3.52. The zero-order chi connectivity index (χ0) is 20.7. The van der Waals surface area contributed by atoms with Crippen LogP contribution in [0.3, 0.4) is 0 Å². The van der Waals surface area contributed by atoms with E-state index in [1.54, 1.807) is 29.9 Å². The second-order valence-corrected chi connectivity index (χ2v) is 8.23. The highest BCUT2D eigenvalue weighted by Gasteiger charge is 2.33. The Hall–Kier alpha value is -2.99. The summed E-state index contributed by atoms with van der Waals surface area (Å²) in [5.41, 5.74) is 4.91. The molecule has 3 aromatic rings. The Morgan fingerprint density at radius 1 is 1.07 bits per heavy atom. The average molecular weight is 404 g/mol. The molecule has 1 saturated heterocycles. The molecule has 2 aromatic carbocycles. The normalized spacial score (nSPS) is 19.1. The van der Waals surface area contributed by atoms with Crippen LogP contribution in [0.1, 0.15) is 28.0 Å². The zero-order valence-electron chi connectivity index (χ0n) is 17.1. The summed E-state index contributed by atoms with van der Waals surface area (Å²) in [7, 11) is 1.79. The molecule has 2 aliphatic heterocycles. The lowest BCUT2D eigenvalue weighted by molar-refractivity contribution is 0.0762. The second kappa shape index (κ2) is 7.69. The summed E-state index contributed by atoms with van der Waals surface area (Å²) < 4.78 is 14.8. The summed E-state index contributed by atoms with van der Waals surface area (Å²) in [6.45, 7) is 3.52. The molecule has 1 unspecified atom stereocenters. The molecule has 0 bridgehead atoms. The maximum Gasteiger partial charge on any atom is 0.272 e. The number of nitrogens with zero attached hydrogens (tertiary/aromatic N) is 4. The van der Waals surface area contributed by atoms with Crippen LogP contribution in [-0.2, 0) is 20.0 Å². The van der Waals surface area contributed by atoms with E-state index in [1.165, 1.54) is 23.3 Å². The van der Waals surface area contributed by atoms with Crippen LogP contribution in [0.4, 0.5) is 4.39 Å². The number of benzene rings is 2. The molecule has 3 heterocycles. The minimum Gasteiger partial charge on any atom is -0.336 e. The molecular formula is C24H25FN4O. The van der Waals surface area contributed by atoms with Crippen LogP contribution in [0.2, 0.25) is 0 Å². The molecular weight excluding hydrogens is 379 g/mol. The van der Waals surface area contributed by atoms with Crippen LogP contribution in [0.25, 0.3) is 11.3 Å². The maximum atomic E-state index is 13.2. The molecule has 5 rings (SSSR count). The smallest absolute Gasteiger partial charge is 0.272 e. The number of hydrogen-bond acceptors (Lipinski definition) is 3. The van der Waals surface area contributed by atoms with Crippen molar-refractivity contribution in [2.75, 3.05) is 19.6 Å². The molecule has 6 heteroatoms.